The standard InChI is InChI=1S/C24H30N2O2/c1-2-28-23-13-11-19(12-14-23)24(27)25-20-15-21-9-6-10-22(16-20)26(21)17-18-7-4-3-5-8-18/h3-5,7-8,11-14,20-22H,2,6,9-10,15-17H2,1H3,(H,25,27). The van der Waals surface area contributed by atoms with Gasteiger partial charge in [-0.1, -0.05) is 36.8 Å². The SMILES string of the molecule is CCOc1ccc(C(=O)NC2CC3CCCC(C2)N3Cc2ccccc2)cc1. The number of ether oxygens (including phenoxy) is 1. The van der Waals surface area contributed by atoms with Crippen LogP contribution in [0.15, 0.2) is 54.6 Å². The molecule has 0 spiro atoms. The van der Waals surface area contributed by atoms with Gasteiger partial charge in [0.2, 0.25) is 0 Å². The van der Waals surface area contributed by atoms with Crippen LogP contribution >= 0.6 is 0 Å². The van der Waals surface area contributed by atoms with Crippen molar-refractivity contribution in [2.24, 2.45) is 0 Å². The highest BCUT2D eigenvalue weighted by Crippen LogP contribution is 2.35. The number of hydrogen-bond acceptors (Lipinski definition) is 3. The Morgan fingerprint density at radius 1 is 1.04 bits per heavy atom. The molecular weight excluding hydrogens is 348 g/mol. The maximum absolute atomic E-state index is 12.7. The summed E-state index contributed by atoms with van der Waals surface area (Å²) in [6.45, 7) is 3.62. The minimum absolute atomic E-state index is 0.0302. The molecule has 2 aliphatic heterocycles. The lowest BCUT2D eigenvalue weighted by Crippen LogP contribution is -2.56. The van der Waals surface area contributed by atoms with E-state index < -0.39 is 0 Å². The minimum Gasteiger partial charge on any atom is -0.494 e. The Morgan fingerprint density at radius 3 is 2.36 bits per heavy atom. The zero-order valence-corrected chi connectivity index (χ0v) is 16.6. The van der Waals surface area contributed by atoms with Gasteiger partial charge in [0.1, 0.15) is 5.75 Å². The van der Waals surface area contributed by atoms with Crippen LogP contribution in [0.1, 0.15) is 54.9 Å². The van der Waals surface area contributed by atoms with Gasteiger partial charge in [0.05, 0.1) is 6.61 Å². The van der Waals surface area contributed by atoms with Crippen molar-refractivity contribution in [1.29, 1.82) is 0 Å². The van der Waals surface area contributed by atoms with E-state index in [-0.39, 0.29) is 11.9 Å². The van der Waals surface area contributed by atoms with E-state index in [0.29, 0.717) is 24.3 Å². The van der Waals surface area contributed by atoms with E-state index in [4.69, 9.17) is 4.74 Å². The van der Waals surface area contributed by atoms with Crippen LogP contribution in [0.3, 0.4) is 0 Å². The van der Waals surface area contributed by atoms with Crippen molar-refractivity contribution >= 4 is 5.91 Å². The Bertz CT molecular complexity index is 761. The molecule has 2 aromatic rings. The molecule has 0 saturated carbocycles. The van der Waals surface area contributed by atoms with Crippen molar-refractivity contribution in [3.8, 4) is 5.75 Å². The Balaban J connectivity index is 1.37. The predicted octanol–water partition coefficient (Wildman–Crippen LogP) is 4.40. The summed E-state index contributed by atoms with van der Waals surface area (Å²) in [6, 6.07) is 19.6. The van der Waals surface area contributed by atoms with Crippen LogP contribution in [0.25, 0.3) is 0 Å². The normalized spacial score (nSPS) is 24.5. The van der Waals surface area contributed by atoms with E-state index in [1.807, 2.05) is 31.2 Å². The number of benzene rings is 2. The maximum atomic E-state index is 12.7. The average molecular weight is 379 g/mol. The third kappa shape index (κ3) is 4.39. The second-order valence-corrected chi connectivity index (χ2v) is 8.00. The third-order valence-electron chi connectivity index (χ3n) is 6.10. The average Bonchev–Trinajstić information content (AvgIpc) is 2.70. The van der Waals surface area contributed by atoms with Crippen molar-refractivity contribution in [1.82, 2.24) is 10.2 Å². The van der Waals surface area contributed by atoms with Crippen LogP contribution in [-0.2, 0) is 6.54 Å². The predicted molar refractivity (Wildman–Crippen MR) is 112 cm³/mol. The first-order valence-electron chi connectivity index (χ1n) is 10.6. The van der Waals surface area contributed by atoms with Gasteiger partial charge in [-0.25, -0.2) is 0 Å². The summed E-state index contributed by atoms with van der Waals surface area (Å²) < 4.78 is 5.46. The van der Waals surface area contributed by atoms with Crippen molar-refractivity contribution in [3.05, 3.63) is 65.7 Å². The van der Waals surface area contributed by atoms with Crippen LogP contribution in [0.2, 0.25) is 0 Å². The number of fused-ring (bicyclic) bond motifs is 2. The van der Waals surface area contributed by atoms with Gasteiger partial charge in [0.25, 0.3) is 5.91 Å². The highest BCUT2D eigenvalue weighted by atomic mass is 16.5. The zero-order chi connectivity index (χ0) is 19.3. The Morgan fingerprint density at radius 2 is 1.71 bits per heavy atom. The second kappa shape index (κ2) is 8.78. The molecule has 2 saturated heterocycles. The second-order valence-electron chi connectivity index (χ2n) is 8.00. The van der Waals surface area contributed by atoms with Crippen LogP contribution < -0.4 is 10.1 Å². The van der Waals surface area contributed by atoms with E-state index >= 15 is 0 Å². The van der Waals surface area contributed by atoms with Gasteiger partial charge in [-0.05, 0) is 62.4 Å². The third-order valence-corrected chi connectivity index (χ3v) is 6.10. The van der Waals surface area contributed by atoms with Crippen molar-refractivity contribution < 1.29 is 9.53 Å². The lowest BCUT2D eigenvalue weighted by atomic mass is 9.81. The number of nitrogens with zero attached hydrogens (tertiary/aromatic N) is 1. The molecule has 1 amide bonds. The summed E-state index contributed by atoms with van der Waals surface area (Å²) in [6.07, 6.45) is 5.87. The number of amides is 1. The van der Waals surface area contributed by atoms with E-state index in [9.17, 15) is 4.79 Å². The lowest BCUT2D eigenvalue weighted by Gasteiger charge is -2.49. The van der Waals surface area contributed by atoms with Crippen LogP contribution in [-0.4, -0.2) is 35.5 Å². The molecule has 4 rings (SSSR count). The molecule has 2 atom stereocenters. The summed E-state index contributed by atoms with van der Waals surface area (Å²) in [5.41, 5.74) is 2.09. The molecule has 0 radical (unpaired) electrons. The van der Waals surface area contributed by atoms with Crippen LogP contribution in [0.5, 0.6) is 5.75 Å². The van der Waals surface area contributed by atoms with Gasteiger partial charge in [0.15, 0.2) is 0 Å². The summed E-state index contributed by atoms with van der Waals surface area (Å²) in [5, 5.41) is 3.29. The zero-order valence-electron chi connectivity index (χ0n) is 16.6. The summed E-state index contributed by atoms with van der Waals surface area (Å²) in [5.74, 6) is 0.838. The van der Waals surface area contributed by atoms with Gasteiger partial charge < -0.3 is 10.1 Å². The highest BCUT2D eigenvalue weighted by Gasteiger charge is 2.38. The number of carbonyl (C=O) groups is 1. The molecule has 2 aromatic carbocycles. The van der Waals surface area contributed by atoms with E-state index in [0.717, 1.165) is 25.1 Å². The number of piperidine rings is 2. The largest absolute Gasteiger partial charge is 0.494 e. The van der Waals surface area contributed by atoms with E-state index in [2.05, 4.69) is 40.5 Å². The van der Waals surface area contributed by atoms with Crippen molar-refractivity contribution in [2.45, 2.75) is 63.7 Å². The van der Waals surface area contributed by atoms with Gasteiger partial charge >= 0.3 is 0 Å². The quantitative estimate of drug-likeness (QED) is 0.810. The molecule has 2 aliphatic rings. The molecule has 2 unspecified atom stereocenters. The molecule has 148 valence electrons. The van der Waals surface area contributed by atoms with Crippen molar-refractivity contribution in [3.63, 3.8) is 0 Å². The fourth-order valence-corrected chi connectivity index (χ4v) is 4.79. The minimum atomic E-state index is 0.0302. The fourth-order valence-electron chi connectivity index (χ4n) is 4.79. The Labute approximate surface area is 167 Å². The molecule has 2 heterocycles. The number of carbonyl (C=O) groups excluding carboxylic acids is 1. The first-order valence-corrected chi connectivity index (χ1v) is 10.6. The molecule has 0 aliphatic carbocycles. The molecule has 1 N–H and O–H groups in total. The van der Waals surface area contributed by atoms with Gasteiger partial charge in [-0.2, -0.15) is 0 Å². The van der Waals surface area contributed by atoms with Crippen LogP contribution in [0.4, 0.5) is 0 Å². The van der Waals surface area contributed by atoms with E-state index in [1.54, 1.807) is 0 Å². The summed E-state index contributed by atoms with van der Waals surface area (Å²) in [4.78, 5) is 15.4. The molecule has 2 fully saturated rings. The molecular formula is C24H30N2O2. The summed E-state index contributed by atoms with van der Waals surface area (Å²) >= 11 is 0. The molecule has 28 heavy (non-hydrogen) atoms. The number of nitrogens with one attached hydrogen (secondary N) is 1. The first-order chi connectivity index (χ1) is 13.7. The maximum Gasteiger partial charge on any atom is 0.251 e. The van der Waals surface area contributed by atoms with Gasteiger partial charge in [0, 0.05) is 30.2 Å². The van der Waals surface area contributed by atoms with Gasteiger partial charge in [-0.3, -0.25) is 9.69 Å². The van der Waals surface area contributed by atoms with E-state index in [1.165, 1.54) is 24.8 Å². The topological polar surface area (TPSA) is 41.6 Å². The van der Waals surface area contributed by atoms with Crippen molar-refractivity contribution in [2.75, 3.05) is 6.61 Å². The molecule has 2 bridgehead atoms. The Kier molecular flexibility index (Phi) is 5.96. The molecule has 4 nitrogen and oxygen atoms in total. The number of rotatable bonds is 6. The smallest absolute Gasteiger partial charge is 0.251 e. The fraction of sp³-hybridized carbons (Fsp3) is 0.458. The summed E-state index contributed by atoms with van der Waals surface area (Å²) in [7, 11) is 0. The molecule has 4 heteroatoms. The lowest BCUT2D eigenvalue weighted by molar-refractivity contribution is 0.0177. The Hall–Kier alpha value is -2.33. The molecule has 0 aromatic heterocycles. The highest BCUT2D eigenvalue weighted by molar-refractivity contribution is 5.94. The number of hydrogen-bond donors (Lipinski definition) is 1. The monoisotopic (exact) mass is 378 g/mol. The first kappa shape index (κ1) is 19.0. The van der Waals surface area contributed by atoms with Gasteiger partial charge in [-0.15, -0.1) is 0 Å². The van der Waals surface area contributed by atoms with Crippen LogP contribution in [0, 0.1) is 0 Å².